The van der Waals surface area contributed by atoms with Crippen molar-refractivity contribution in [3.8, 4) is 11.3 Å². The minimum absolute atomic E-state index is 0.0756. The number of nitrogens with zero attached hydrogens (tertiary/aromatic N) is 1. The maximum absolute atomic E-state index is 10.8. The summed E-state index contributed by atoms with van der Waals surface area (Å²) in [4.78, 5) is 13.0. The van der Waals surface area contributed by atoms with Crippen molar-refractivity contribution in [1.29, 1.82) is 0 Å². The molecule has 0 saturated carbocycles. The first-order chi connectivity index (χ1) is 9.06. The van der Waals surface area contributed by atoms with Crippen LogP contribution in [-0.2, 0) is 0 Å². The molecule has 0 amide bonds. The van der Waals surface area contributed by atoms with Crippen molar-refractivity contribution in [2.24, 2.45) is 0 Å². The lowest BCUT2D eigenvalue weighted by atomic mass is 10.1. The van der Waals surface area contributed by atoms with E-state index in [4.69, 9.17) is 9.63 Å². The van der Waals surface area contributed by atoms with Crippen LogP contribution in [0, 0.1) is 6.92 Å². The summed E-state index contributed by atoms with van der Waals surface area (Å²) in [6.45, 7) is 2.05. The highest BCUT2D eigenvalue weighted by Crippen LogP contribution is 2.35. The van der Waals surface area contributed by atoms with E-state index in [9.17, 15) is 4.79 Å². The van der Waals surface area contributed by atoms with Gasteiger partial charge in [-0.05, 0) is 37.1 Å². The van der Waals surface area contributed by atoms with E-state index in [0.29, 0.717) is 5.76 Å². The largest absolute Gasteiger partial charge is 0.476 e. The molecule has 4 nitrogen and oxygen atoms in total. The molecule has 0 atom stereocenters. The Kier molecular flexibility index (Phi) is 4.21. The summed E-state index contributed by atoms with van der Waals surface area (Å²) in [6, 6.07) is 5.55. The zero-order chi connectivity index (χ0) is 14.0. The molecule has 0 radical (unpaired) electrons. The fourth-order valence-corrected chi connectivity index (χ4v) is 3.04. The quantitative estimate of drug-likeness (QED) is 0.866. The molecule has 1 N–H and O–H groups in total. The fraction of sp³-hybridized carbons (Fsp3) is 0.231. The van der Waals surface area contributed by atoms with Gasteiger partial charge in [0.15, 0.2) is 11.5 Å². The van der Waals surface area contributed by atoms with Crippen LogP contribution in [0.1, 0.15) is 16.1 Å². The van der Waals surface area contributed by atoms with Crippen LogP contribution >= 0.6 is 23.5 Å². The van der Waals surface area contributed by atoms with Crippen LogP contribution in [0.25, 0.3) is 11.3 Å². The Morgan fingerprint density at radius 2 is 1.89 bits per heavy atom. The second-order valence-corrected chi connectivity index (χ2v) is 5.60. The molecule has 19 heavy (non-hydrogen) atoms. The second-order valence-electron chi connectivity index (χ2n) is 3.90. The molecule has 0 spiro atoms. The summed E-state index contributed by atoms with van der Waals surface area (Å²) >= 11 is 3.25. The third-order valence-electron chi connectivity index (χ3n) is 2.71. The van der Waals surface area contributed by atoms with Crippen molar-refractivity contribution in [2.45, 2.75) is 16.7 Å². The summed E-state index contributed by atoms with van der Waals surface area (Å²) in [5.41, 5.74) is 1.99. The molecule has 0 aliphatic rings. The number of aromatic nitrogens is 1. The van der Waals surface area contributed by atoms with Gasteiger partial charge in [0.2, 0.25) is 0 Å². The lowest BCUT2D eigenvalue weighted by molar-refractivity contribution is 0.0686. The van der Waals surface area contributed by atoms with Crippen LogP contribution in [-0.4, -0.2) is 28.7 Å². The summed E-state index contributed by atoms with van der Waals surface area (Å²) in [5.74, 6) is -0.602. The van der Waals surface area contributed by atoms with Gasteiger partial charge < -0.3 is 9.63 Å². The van der Waals surface area contributed by atoms with E-state index in [2.05, 4.69) is 18.1 Å². The standard InChI is InChI=1S/C13H13NO3S2/c1-7-4-12(19-3)8(5-11(7)18-2)10-6-9(13(15)16)14-17-10/h4-6H,1-3H3,(H,15,16). The molecule has 0 unspecified atom stereocenters. The molecule has 0 aliphatic carbocycles. The first-order valence-corrected chi connectivity index (χ1v) is 7.94. The molecule has 1 aromatic heterocycles. The van der Waals surface area contributed by atoms with Crippen LogP contribution in [0.15, 0.2) is 32.5 Å². The highest BCUT2D eigenvalue weighted by molar-refractivity contribution is 7.99. The number of carboxylic acids is 1. The molecule has 100 valence electrons. The molecule has 1 heterocycles. The van der Waals surface area contributed by atoms with Crippen LogP contribution in [0.5, 0.6) is 0 Å². The van der Waals surface area contributed by atoms with Gasteiger partial charge in [0, 0.05) is 21.4 Å². The van der Waals surface area contributed by atoms with Gasteiger partial charge >= 0.3 is 5.97 Å². The molecule has 2 rings (SSSR count). The van der Waals surface area contributed by atoms with Gasteiger partial charge in [0.05, 0.1) is 0 Å². The van der Waals surface area contributed by atoms with Gasteiger partial charge in [-0.25, -0.2) is 4.79 Å². The molecule has 1 aromatic carbocycles. The Bertz CT molecular complexity index is 622. The summed E-state index contributed by atoms with van der Waals surface area (Å²) in [5, 5.41) is 12.4. The number of hydrogen-bond acceptors (Lipinski definition) is 5. The van der Waals surface area contributed by atoms with Crippen LogP contribution in [0.2, 0.25) is 0 Å². The monoisotopic (exact) mass is 295 g/mol. The summed E-state index contributed by atoms with van der Waals surface area (Å²) < 4.78 is 5.14. The van der Waals surface area contributed by atoms with Crippen molar-refractivity contribution >= 4 is 29.5 Å². The van der Waals surface area contributed by atoms with Crippen LogP contribution in [0.4, 0.5) is 0 Å². The average Bonchev–Trinajstić information content (AvgIpc) is 2.88. The van der Waals surface area contributed by atoms with Crippen molar-refractivity contribution in [3.05, 3.63) is 29.5 Å². The molecule has 2 aromatic rings. The Hall–Kier alpha value is -1.40. The zero-order valence-corrected chi connectivity index (χ0v) is 12.4. The fourth-order valence-electron chi connectivity index (χ4n) is 1.75. The Morgan fingerprint density at radius 3 is 2.42 bits per heavy atom. The lowest BCUT2D eigenvalue weighted by Gasteiger charge is -2.09. The highest BCUT2D eigenvalue weighted by atomic mass is 32.2. The zero-order valence-electron chi connectivity index (χ0n) is 10.8. The Morgan fingerprint density at radius 1 is 1.21 bits per heavy atom. The number of aromatic carboxylic acids is 1. The molecular weight excluding hydrogens is 282 g/mol. The van der Waals surface area contributed by atoms with Crippen LogP contribution < -0.4 is 0 Å². The average molecular weight is 295 g/mol. The van der Waals surface area contributed by atoms with Crippen molar-refractivity contribution in [2.75, 3.05) is 12.5 Å². The third-order valence-corrected chi connectivity index (χ3v) is 4.37. The van der Waals surface area contributed by atoms with E-state index in [-0.39, 0.29) is 5.69 Å². The van der Waals surface area contributed by atoms with Crippen molar-refractivity contribution in [1.82, 2.24) is 5.16 Å². The van der Waals surface area contributed by atoms with Gasteiger partial charge in [-0.2, -0.15) is 0 Å². The maximum atomic E-state index is 10.8. The lowest BCUT2D eigenvalue weighted by Crippen LogP contribution is -1.94. The van der Waals surface area contributed by atoms with E-state index in [1.807, 2.05) is 18.6 Å². The molecule has 0 bridgehead atoms. The first kappa shape index (κ1) is 14.0. The minimum atomic E-state index is -1.09. The number of carboxylic acid groups (broad SMARTS) is 1. The predicted octanol–water partition coefficient (Wildman–Crippen LogP) is 3.79. The van der Waals surface area contributed by atoms with Gasteiger partial charge in [-0.1, -0.05) is 5.16 Å². The summed E-state index contributed by atoms with van der Waals surface area (Å²) in [6.07, 6.45) is 3.99. The van der Waals surface area contributed by atoms with Gasteiger partial charge in [-0.3, -0.25) is 0 Å². The van der Waals surface area contributed by atoms with Crippen molar-refractivity contribution < 1.29 is 14.4 Å². The Balaban J connectivity index is 2.55. The van der Waals surface area contributed by atoms with Crippen molar-refractivity contribution in [3.63, 3.8) is 0 Å². The van der Waals surface area contributed by atoms with E-state index in [0.717, 1.165) is 15.4 Å². The minimum Gasteiger partial charge on any atom is -0.476 e. The number of carbonyl (C=O) groups is 1. The molecule has 0 saturated heterocycles. The topological polar surface area (TPSA) is 63.3 Å². The van der Waals surface area contributed by atoms with E-state index >= 15 is 0 Å². The first-order valence-electron chi connectivity index (χ1n) is 5.49. The smallest absolute Gasteiger partial charge is 0.358 e. The number of aryl methyl sites for hydroxylation is 1. The maximum Gasteiger partial charge on any atom is 0.358 e. The number of benzene rings is 1. The number of hydrogen-bond donors (Lipinski definition) is 1. The third kappa shape index (κ3) is 2.79. The molecular formula is C13H13NO3S2. The van der Waals surface area contributed by atoms with E-state index < -0.39 is 5.97 Å². The predicted molar refractivity (Wildman–Crippen MR) is 77.2 cm³/mol. The highest BCUT2D eigenvalue weighted by Gasteiger charge is 2.16. The normalized spacial score (nSPS) is 10.7. The van der Waals surface area contributed by atoms with E-state index in [1.54, 1.807) is 23.5 Å². The van der Waals surface area contributed by atoms with E-state index in [1.165, 1.54) is 11.6 Å². The van der Waals surface area contributed by atoms with Gasteiger partial charge in [0.25, 0.3) is 0 Å². The molecule has 0 fully saturated rings. The Labute approximate surface area is 119 Å². The SMILES string of the molecule is CSc1cc(-c2cc(C(=O)O)no2)c(SC)cc1C. The second kappa shape index (κ2) is 5.71. The number of thioether (sulfide) groups is 2. The molecule has 0 aliphatic heterocycles. The molecule has 6 heteroatoms. The number of rotatable bonds is 4. The summed E-state index contributed by atoms with van der Waals surface area (Å²) in [7, 11) is 0. The van der Waals surface area contributed by atoms with Gasteiger partial charge in [0.1, 0.15) is 0 Å². The van der Waals surface area contributed by atoms with Gasteiger partial charge in [-0.15, -0.1) is 23.5 Å². The van der Waals surface area contributed by atoms with Crippen LogP contribution in [0.3, 0.4) is 0 Å².